The van der Waals surface area contributed by atoms with Gasteiger partial charge in [-0.3, -0.25) is 9.88 Å². The maximum atomic E-state index is 13.0. The zero-order valence-electron chi connectivity index (χ0n) is 20.5. The molecule has 2 atom stereocenters. The topological polar surface area (TPSA) is 139 Å². The molecule has 10 heteroatoms. The van der Waals surface area contributed by atoms with Crippen molar-refractivity contribution in [3.8, 4) is 11.7 Å². The fourth-order valence-corrected chi connectivity index (χ4v) is 5.07. The van der Waals surface area contributed by atoms with E-state index in [2.05, 4.69) is 20.3 Å². The summed E-state index contributed by atoms with van der Waals surface area (Å²) in [5.74, 6) is -1.94. The summed E-state index contributed by atoms with van der Waals surface area (Å²) in [6, 6.07) is 18.0. The summed E-state index contributed by atoms with van der Waals surface area (Å²) >= 11 is 0. The summed E-state index contributed by atoms with van der Waals surface area (Å²) in [6.45, 7) is 5.28. The van der Waals surface area contributed by atoms with Gasteiger partial charge in [0.25, 0.3) is 0 Å². The third-order valence-corrected chi connectivity index (χ3v) is 6.48. The number of fused-ring (bicyclic) bond motifs is 3. The summed E-state index contributed by atoms with van der Waals surface area (Å²) in [7, 11) is 0. The first kappa shape index (κ1) is 24.1. The quantitative estimate of drug-likeness (QED) is 0.365. The zero-order valence-corrected chi connectivity index (χ0v) is 20.5. The van der Waals surface area contributed by atoms with Crippen molar-refractivity contribution >= 4 is 11.9 Å². The number of nitrogens with one attached hydrogen (secondary N) is 1. The number of nitrogens with zero attached hydrogens (tertiary/aromatic N) is 4. The van der Waals surface area contributed by atoms with Crippen molar-refractivity contribution in [2.45, 2.75) is 39.0 Å². The molecule has 0 radical (unpaired) electrons. The molecule has 4 aromatic rings. The molecule has 3 heterocycles. The molecule has 2 aromatic carbocycles. The monoisotopic (exact) mass is 499 g/mol. The van der Waals surface area contributed by atoms with E-state index in [9.17, 15) is 19.8 Å². The minimum atomic E-state index is -1.52. The van der Waals surface area contributed by atoms with Crippen LogP contribution in [0.1, 0.15) is 44.5 Å². The predicted octanol–water partition coefficient (Wildman–Crippen LogP) is 3.16. The second-order valence-corrected chi connectivity index (χ2v) is 8.91. The lowest BCUT2D eigenvalue weighted by molar-refractivity contribution is -0.149. The second kappa shape index (κ2) is 9.14. The maximum absolute atomic E-state index is 13.0. The number of hydrogen-bond acceptors (Lipinski definition) is 7. The molecule has 0 aliphatic carbocycles. The van der Waals surface area contributed by atoms with E-state index < -0.39 is 23.6 Å². The van der Waals surface area contributed by atoms with E-state index in [0.29, 0.717) is 39.7 Å². The van der Waals surface area contributed by atoms with Gasteiger partial charge in [-0.05, 0) is 38.5 Å². The number of para-hydroxylation sites is 1. The van der Waals surface area contributed by atoms with Crippen LogP contribution in [0.15, 0.2) is 60.7 Å². The fraction of sp³-hybridized carbons (Fsp3) is 0.222. The molecular formula is C27H25N5O5. The second-order valence-electron chi connectivity index (χ2n) is 8.91. The Kier molecular flexibility index (Phi) is 5.96. The van der Waals surface area contributed by atoms with E-state index in [-0.39, 0.29) is 18.2 Å². The average Bonchev–Trinajstić information content (AvgIpc) is 3.11. The van der Waals surface area contributed by atoms with Crippen LogP contribution in [0.4, 0.5) is 0 Å². The highest BCUT2D eigenvalue weighted by molar-refractivity contribution is 5.87. The number of aryl methyl sites for hydroxylation is 3. The van der Waals surface area contributed by atoms with Crippen LogP contribution >= 0.6 is 0 Å². The predicted molar refractivity (Wildman–Crippen MR) is 133 cm³/mol. The van der Waals surface area contributed by atoms with Crippen molar-refractivity contribution in [3.05, 3.63) is 100 Å². The van der Waals surface area contributed by atoms with Crippen LogP contribution in [0.25, 0.3) is 5.69 Å². The number of imidazole rings is 1. The normalized spacial score (nSPS) is 17.3. The van der Waals surface area contributed by atoms with Gasteiger partial charge in [0.05, 0.1) is 11.4 Å². The van der Waals surface area contributed by atoms with E-state index in [4.69, 9.17) is 4.74 Å². The van der Waals surface area contributed by atoms with Gasteiger partial charge in [0.2, 0.25) is 6.10 Å². The van der Waals surface area contributed by atoms with Gasteiger partial charge in [-0.2, -0.15) is 0 Å². The summed E-state index contributed by atoms with van der Waals surface area (Å²) in [6.07, 6.45) is -1.52. The highest BCUT2D eigenvalue weighted by Crippen LogP contribution is 2.41. The van der Waals surface area contributed by atoms with Crippen molar-refractivity contribution in [2.24, 2.45) is 0 Å². The molecule has 0 fully saturated rings. The van der Waals surface area contributed by atoms with Crippen molar-refractivity contribution < 1.29 is 24.5 Å². The number of carboxylic acid groups (broad SMARTS) is 2. The van der Waals surface area contributed by atoms with Gasteiger partial charge in [0, 0.05) is 23.5 Å². The highest BCUT2D eigenvalue weighted by atomic mass is 16.5. The van der Waals surface area contributed by atoms with Crippen LogP contribution in [0.5, 0.6) is 6.01 Å². The third-order valence-electron chi connectivity index (χ3n) is 6.48. The van der Waals surface area contributed by atoms with E-state index in [1.807, 2.05) is 48.5 Å². The maximum Gasteiger partial charge on any atom is 0.356 e. The third kappa shape index (κ3) is 4.01. The Morgan fingerprint density at radius 1 is 0.973 bits per heavy atom. The van der Waals surface area contributed by atoms with Crippen molar-refractivity contribution in [3.63, 3.8) is 0 Å². The Balaban J connectivity index is 1.81. The molecule has 0 saturated carbocycles. The van der Waals surface area contributed by atoms with Gasteiger partial charge in [0.15, 0.2) is 5.69 Å². The molecule has 10 nitrogen and oxygen atoms in total. The van der Waals surface area contributed by atoms with Crippen LogP contribution in [0.3, 0.4) is 0 Å². The largest absolute Gasteiger partial charge is 0.478 e. The summed E-state index contributed by atoms with van der Waals surface area (Å²) in [5.41, 5.74) is 1.92. The number of aromatic carboxylic acids is 1. The number of benzene rings is 2. The zero-order chi connectivity index (χ0) is 26.3. The minimum absolute atomic E-state index is 0.00684. The lowest BCUT2D eigenvalue weighted by Gasteiger charge is -2.39. The molecule has 2 aromatic heterocycles. The smallest absolute Gasteiger partial charge is 0.356 e. The summed E-state index contributed by atoms with van der Waals surface area (Å²) in [4.78, 5) is 38.0. The Bertz CT molecular complexity index is 1500. The molecule has 1 aliphatic heterocycles. The number of carboxylic acids is 2. The molecule has 0 spiro atoms. The van der Waals surface area contributed by atoms with Crippen molar-refractivity contribution in [1.29, 1.82) is 0 Å². The Labute approximate surface area is 212 Å². The van der Waals surface area contributed by atoms with Crippen LogP contribution in [0.2, 0.25) is 0 Å². The van der Waals surface area contributed by atoms with E-state index >= 15 is 0 Å². The molecule has 1 aliphatic rings. The molecule has 0 unspecified atom stereocenters. The van der Waals surface area contributed by atoms with Gasteiger partial charge in [-0.1, -0.05) is 48.5 Å². The first-order valence-corrected chi connectivity index (χ1v) is 11.7. The SMILES string of the molecule is Cc1cc(C)nc(O[C@H](C(=O)O)[C@@]2(c3ccccc3)NCc3c(C(=O)O)nc(C)n3-c3ccccc32)n1. The molecule has 0 saturated heterocycles. The Hall–Kier alpha value is -4.57. The molecule has 0 bridgehead atoms. The average molecular weight is 500 g/mol. The number of ether oxygens (including phenoxy) is 1. The molecule has 37 heavy (non-hydrogen) atoms. The fourth-order valence-electron chi connectivity index (χ4n) is 5.07. The standard InChI is InChI=1S/C27H25N5O5/c1-15-13-16(2)30-26(29-15)37-23(25(35)36)27(18-9-5-4-6-10-18)19-11-7-8-12-20(19)32-17(3)31-22(24(33)34)21(32)14-28-27/h4-13,23,28H,14H2,1-3H3,(H,33,34)(H,35,36)/t23-,27+/m1/s1. The Morgan fingerprint density at radius 2 is 1.62 bits per heavy atom. The van der Waals surface area contributed by atoms with Crippen LogP contribution in [0, 0.1) is 20.8 Å². The van der Waals surface area contributed by atoms with Crippen molar-refractivity contribution in [2.75, 3.05) is 0 Å². The number of aliphatic carboxylic acids is 1. The van der Waals surface area contributed by atoms with Crippen LogP contribution in [-0.4, -0.2) is 47.8 Å². The number of hydrogen-bond donors (Lipinski definition) is 3. The number of carbonyl (C=O) groups is 2. The first-order chi connectivity index (χ1) is 17.7. The van der Waals surface area contributed by atoms with E-state index in [1.54, 1.807) is 37.5 Å². The van der Waals surface area contributed by atoms with Gasteiger partial charge in [-0.15, -0.1) is 0 Å². The number of rotatable bonds is 6. The van der Waals surface area contributed by atoms with Gasteiger partial charge < -0.3 is 14.9 Å². The first-order valence-electron chi connectivity index (χ1n) is 11.7. The molecular weight excluding hydrogens is 474 g/mol. The van der Waals surface area contributed by atoms with Crippen molar-refractivity contribution in [1.82, 2.24) is 24.8 Å². The minimum Gasteiger partial charge on any atom is -0.478 e. The molecule has 5 rings (SSSR count). The molecule has 188 valence electrons. The van der Waals surface area contributed by atoms with E-state index in [0.717, 1.165) is 0 Å². The molecule has 0 amide bonds. The van der Waals surface area contributed by atoms with Crippen LogP contribution in [-0.2, 0) is 16.9 Å². The highest BCUT2D eigenvalue weighted by Gasteiger charge is 2.51. The van der Waals surface area contributed by atoms with Gasteiger partial charge >= 0.3 is 17.9 Å². The van der Waals surface area contributed by atoms with Gasteiger partial charge in [-0.25, -0.2) is 24.5 Å². The van der Waals surface area contributed by atoms with E-state index in [1.165, 1.54) is 0 Å². The van der Waals surface area contributed by atoms with Crippen LogP contribution < -0.4 is 10.1 Å². The van der Waals surface area contributed by atoms with Gasteiger partial charge in [0.1, 0.15) is 11.4 Å². The molecule has 3 N–H and O–H groups in total. The summed E-state index contributed by atoms with van der Waals surface area (Å²) in [5, 5.41) is 23.8. The Morgan fingerprint density at radius 3 is 2.27 bits per heavy atom. The number of aromatic nitrogens is 4. The summed E-state index contributed by atoms with van der Waals surface area (Å²) < 4.78 is 7.86. The lowest BCUT2D eigenvalue weighted by Crippen LogP contribution is -2.57. The lowest BCUT2D eigenvalue weighted by atomic mass is 9.77.